The molecule has 2 N–H and O–H groups in total. The normalized spacial score (nSPS) is 9.33. The molecule has 0 spiro atoms. The van der Waals surface area contributed by atoms with Gasteiger partial charge in [0, 0.05) is 42.4 Å². The molecule has 0 aromatic heterocycles. The maximum absolute atomic E-state index is 10.8. The molecule has 0 aliphatic carbocycles. The number of ether oxygens (including phenoxy) is 1. The minimum atomic E-state index is -0.380. The smallest absolute Gasteiger partial charge is 0.324 e. The molecule has 5 nitrogen and oxygen atoms in total. The quantitative estimate of drug-likeness (QED) is 0.231. The number of nitrogens with two attached hydrogens (primary N) is 1. The van der Waals surface area contributed by atoms with Gasteiger partial charge in [0.2, 0.25) is 0 Å². The number of rotatable bonds is 13. The van der Waals surface area contributed by atoms with Gasteiger partial charge in [0.15, 0.2) is 0 Å². The SMILES string of the molecule is CCC(=O)ON.CCCCCCCCCCCCOC(=O)CC.[Na]. The molecule has 0 unspecified atom stereocenters. The van der Waals surface area contributed by atoms with E-state index in [4.69, 9.17) is 4.74 Å². The molecule has 0 amide bonds. The second-order valence-electron chi connectivity index (χ2n) is 5.60. The molecular weight excluding hydrogens is 317 g/mol. The maximum atomic E-state index is 10.8. The number of hydrogen-bond donors (Lipinski definition) is 1. The van der Waals surface area contributed by atoms with Gasteiger partial charge in [0.05, 0.1) is 6.61 Å². The van der Waals surface area contributed by atoms with Crippen molar-refractivity contribution in [3.8, 4) is 0 Å². The number of hydrogen-bond acceptors (Lipinski definition) is 5. The summed E-state index contributed by atoms with van der Waals surface area (Å²) in [5, 5.41) is 0. The molecule has 1 radical (unpaired) electrons. The fourth-order valence-electron chi connectivity index (χ4n) is 1.96. The molecule has 0 fully saturated rings. The van der Waals surface area contributed by atoms with E-state index < -0.39 is 0 Å². The number of carbonyl (C=O) groups excluding carboxylic acids is 2. The fourth-order valence-corrected chi connectivity index (χ4v) is 1.96. The average molecular weight is 354 g/mol. The van der Waals surface area contributed by atoms with Gasteiger partial charge in [-0.15, -0.1) is 0 Å². The van der Waals surface area contributed by atoms with Crippen LogP contribution in [-0.2, 0) is 19.2 Å². The Balaban J connectivity index is -0.000000538. The van der Waals surface area contributed by atoms with Crippen molar-refractivity contribution in [3.05, 3.63) is 0 Å². The first-order valence-electron chi connectivity index (χ1n) is 9.17. The summed E-state index contributed by atoms with van der Waals surface area (Å²) in [5.74, 6) is 3.98. The van der Waals surface area contributed by atoms with Crippen LogP contribution < -0.4 is 5.90 Å². The summed E-state index contributed by atoms with van der Waals surface area (Å²) in [6.07, 6.45) is 14.0. The van der Waals surface area contributed by atoms with E-state index in [0.29, 0.717) is 19.4 Å². The van der Waals surface area contributed by atoms with Gasteiger partial charge in [-0.05, 0) is 6.42 Å². The Labute approximate surface area is 170 Å². The Bertz CT molecular complexity index is 270. The second-order valence-corrected chi connectivity index (χ2v) is 5.60. The van der Waals surface area contributed by atoms with E-state index in [-0.39, 0.29) is 41.5 Å². The van der Waals surface area contributed by atoms with Gasteiger partial charge >= 0.3 is 11.9 Å². The molecule has 24 heavy (non-hydrogen) atoms. The number of carbonyl (C=O) groups is 2. The molecule has 0 bridgehead atoms. The Morgan fingerprint density at radius 2 is 1.12 bits per heavy atom. The monoisotopic (exact) mass is 354 g/mol. The van der Waals surface area contributed by atoms with Gasteiger partial charge in [0.25, 0.3) is 0 Å². The number of esters is 1. The predicted molar refractivity (Wildman–Crippen MR) is 99.4 cm³/mol. The van der Waals surface area contributed by atoms with E-state index in [1.54, 1.807) is 6.92 Å². The molecule has 0 heterocycles. The molecule has 0 atom stereocenters. The third-order valence-electron chi connectivity index (χ3n) is 3.47. The van der Waals surface area contributed by atoms with Gasteiger partial charge in [-0.25, -0.2) is 0 Å². The van der Waals surface area contributed by atoms with E-state index in [9.17, 15) is 9.59 Å². The third kappa shape index (κ3) is 26.8. The topological polar surface area (TPSA) is 78.6 Å². The molecule has 0 aliphatic heterocycles. The van der Waals surface area contributed by atoms with Crippen LogP contribution in [-0.4, -0.2) is 48.1 Å². The summed E-state index contributed by atoms with van der Waals surface area (Å²) in [4.78, 5) is 24.4. The zero-order valence-electron chi connectivity index (χ0n) is 16.4. The average Bonchev–Trinajstić information content (AvgIpc) is 2.59. The van der Waals surface area contributed by atoms with Gasteiger partial charge in [-0.3, -0.25) is 9.59 Å². The van der Waals surface area contributed by atoms with Crippen LogP contribution in [0, 0.1) is 0 Å². The minimum Gasteiger partial charge on any atom is -0.466 e. The molecule has 0 saturated carbocycles. The summed E-state index contributed by atoms with van der Waals surface area (Å²) < 4.78 is 5.02. The molecule has 0 saturated heterocycles. The van der Waals surface area contributed by atoms with Crippen LogP contribution in [0.3, 0.4) is 0 Å². The first-order valence-corrected chi connectivity index (χ1v) is 9.17. The van der Waals surface area contributed by atoms with Crippen LogP contribution in [0.15, 0.2) is 0 Å². The van der Waals surface area contributed by atoms with Crippen LogP contribution in [0.5, 0.6) is 0 Å². The van der Waals surface area contributed by atoms with Crippen molar-refractivity contribution in [2.24, 2.45) is 5.90 Å². The van der Waals surface area contributed by atoms with Crippen molar-refractivity contribution in [1.29, 1.82) is 0 Å². The van der Waals surface area contributed by atoms with Crippen molar-refractivity contribution in [2.45, 2.75) is 97.8 Å². The van der Waals surface area contributed by atoms with E-state index in [0.717, 1.165) is 6.42 Å². The predicted octanol–water partition coefficient (Wildman–Crippen LogP) is 4.29. The van der Waals surface area contributed by atoms with Gasteiger partial charge in [-0.2, -0.15) is 5.90 Å². The van der Waals surface area contributed by atoms with Gasteiger partial charge in [-0.1, -0.05) is 78.6 Å². The van der Waals surface area contributed by atoms with E-state index >= 15 is 0 Å². The largest absolute Gasteiger partial charge is 0.466 e. The van der Waals surface area contributed by atoms with Crippen molar-refractivity contribution in [2.75, 3.05) is 6.61 Å². The summed E-state index contributed by atoms with van der Waals surface area (Å²) in [5.41, 5.74) is 0. The number of unbranched alkanes of at least 4 members (excludes halogenated alkanes) is 9. The molecule has 6 heteroatoms. The van der Waals surface area contributed by atoms with Crippen molar-refractivity contribution in [3.63, 3.8) is 0 Å². The summed E-state index contributed by atoms with van der Waals surface area (Å²) >= 11 is 0. The Morgan fingerprint density at radius 1 is 0.708 bits per heavy atom. The zero-order chi connectivity index (χ0) is 17.8. The Morgan fingerprint density at radius 3 is 1.46 bits per heavy atom. The molecule has 139 valence electrons. The van der Waals surface area contributed by atoms with E-state index in [2.05, 4.69) is 17.7 Å². The molecule has 0 aromatic carbocycles. The maximum Gasteiger partial charge on any atom is 0.324 e. The van der Waals surface area contributed by atoms with E-state index in [1.165, 1.54) is 57.8 Å². The van der Waals surface area contributed by atoms with Crippen LogP contribution >= 0.6 is 0 Å². The summed E-state index contributed by atoms with van der Waals surface area (Å²) in [6.45, 7) is 6.38. The third-order valence-corrected chi connectivity index (χ3v) is 3.47. The van der Waals surface area contributed by atoms with Crippen LogP contribution in [0.2, 0.25) is 0 Å². The van der Waals surface area contributed by atoms with Gasteiger partial charge in [0.1, 0.15) is 0 Å². The summed E-state index contributed by atoms with van der Waals surface area (Å²) in [7, 11) is 0. The molecule has 0 rings (SSSR count). The Hall–Kier alpha value is -0.100. The second kappa shape index (κ2) is 25.1. The van der Waals surface area contributed by atoms with Crippen molar-refractivity contribution >= 4 is 41.5 Å². The first-order chi connectivity index (χ1) is 11.1. The van der Waals surface area contributed by atoms with Gasteiger partial charge < -0.3 is 9.57 Å². The van der Waals surface area contributed by atoms with Crippen LogP contribution in [0.25, 0.3) is 0 Å². The fraction of sp³-hybridized carbons (Fsp3) is 0.889. The van der Waals surface area contributed by atoms with Crippen molar-refractivity contribution in [1.82, 2.24) is 0 Å². The van der Waals surface area contributed by atoms with Crippen LogP contribution in [0.1, 0.15) is 97.8 Å². The van der Waals surface area contributed by atoms with E-state index in [1.807, 2.05) is 6.92 Å². The zero-order valence-corrected chi connectivity index (χ0v) is 18.4. The molecule has 0 aromatic rings. The minimum absolute atomic E-state index is 0. The first kappa shape index (κ1) is 28.7. The standard InChI is InChI=1S/C15H30O2.C3H7NO2.Na/c1-3-5-6-7-8-9-10-11-12-13-14-17-15(16)4-2;1-2-3(5)6-4;/h3-14H2,1-2H3;2,4H2,1H3;. The molecular formula is C18H37NNaO4. The summed E-state index contributed by atoms with van der Waals surface area (Å²) in [6, 6.07) is 0. The Kier molecular flexibility index (Phi) is 30.1. The van der Waals surface area contributed by atoms with Crippen LogP contribution in [0.4, 0.5) is 0 Å². The molecule has 0 aliphatic rings. The van der Waals surface area contributed by atoms with Crippen molar-refractivity contribution < 1.29 is 19.2 Å².